The molecule has 0 saturated carbocycles. The highest BCUT2D eigenvalue weighted by molar-refractivity contribution is 7.22. The number of aromatic nitrogens is 6. The molecule has 4 aromatic heterocycles. The number of esters is 1. The molecule has 6 atom stereocenters. The van der Waals surface area contributed by atoms with Crippen LogP contribution in [0, 0.1) is 13.8 Å². The lowest BCUT2D eigenvalue weighted by Gasteiger charge is -2.42. The van der Waals surface area contributed by atoms with Crippen LogP contribution in [0.3, 0.4) is 0 Å². The summed E-state index contributed by atoms with van der Waals surface area (Å²) in [6, 6.07) is 15.4. The Hall–Kier alpha value is -11.7. The summed E-state index contributed by atoms with van der Waals surface area (Å²) in [4.78, 5) is 155. The number of methoxy groups -OCH3 is 1. The van der Waals surface area contributed by atoms with Gasteiger partial charge in [0.05, 0.1) is 86.5 Å². The van der Waals surface area contributed by atoms with Crippen LogP contribution in [0.5, 0.6) is 11.5 Å². The molecule has 4 fully saturated rings. The predicted molar refractivity (Wildman–Crippen MR) is 431 cm³/mol. The van der Waals surface area contributed by atoms with E-state index in [0.717, 1.165) is 56.1 Å². The molecule has 8 amide bonds. The Bertz CT molecular complexity index is 5100. The van der Waals surface area contributed by atoms with Crippen molar-refractivity contribution >= 4 is 136 Å². The molecule has 0 radical (unpaired) electrons. The molecule has 4 aromatic carbocycles. The number of carboxylic acids is 1. The molecule has 4 saturated heterocycles. The second-order valence-electron chi connectivity index (χ2n) is 28.7. The summed E-state index contributed by atoms with van der Waals surface area (Å²) >= 11 is 2.43. The van der Waals surface area contributed by atoms with Crippen molar-refractivity contribution in [3.8, 4) is 11.5 Å². The quantitative estimate of drug-likeness (QED) is 0.0145. The Morgan fingerprint density at radius 3 is 1.42 bits per heavy atom. The third-order valence-corrected chi connectivity index (χ3v) is 22.3. The first-order valence-corrected chi connectivity index (χ1v) is 40.4. The summed E-state index contributed by atoms with van der Waals surface area (Å²) in [5.41, 5.74) is 4.04. The second kappa shape index (κ2) is 37.9. The molecular weight excluding hydrogens is 1550 g/mol. The normalized spacial score (nSPS) is 19.1. The van der Waals surface area contributed by atoms with Gasteiger partial charge in [0.25, 0.3) is 23.6 Å². The summed E-state index contributed by atoms with van der Waals surface area (Å²) in [5.74, 6) is -2.45. The van der Waals surface area contributed by atoms with Crippen molar-refractivity contribution in [2.75, 3.05) is 90.9 Å². The number of ether oxygens (including phenoxy) is 9. The van der Waals surface area contributed by atoms with Gasteiger partial charge in [-0.15, -0.1) is 0 Å². The van der Waals surface area contributed by atoms with Gasteiger partial charge in [-0.25, -0.2) is 48.9 Å². The minimum atomic E-state index is -1.08. The van der Waals surface area contributed by atoms with E-state index in [2.05, 4.69) is 54.4 Å². The number of carboxylic acid groups (broad SMARTS) is 1. The van der Waals surface area contributed by atoms with Crippen LogP contribution in [0.4, 0.5) is 42.9 Å². The van der Waals surface area contributed by atoms with Crippen LogP contribution < -0.4 is 40.5 Å². The van der Waals surface area contributed by atoms with Crippen molar-refractivity contribution in [1.82, 2.24) is 38.9 Å². The Morgan fingerprint density at radius 1 is 0.564 bits per heavy atom. The van der Waals surface area contributed by atoms with Crippen molar-refractivity contribution in [2.24, 2.45) is 14.1 Å². The number of aryl methyl sites for hydroxylation is 4. The van der Waals surface area contributed by atoms with Crippen molar-refractivity contribution in [3.63, 3.8) is 0 Å². The highest BCUT2D eigenvalue weighted by Crippen LogP contribution is 2.43. The molecule has 6 aliphatic rings. The van der Waals surface area contributed by atoms with Gasteiger partial charge >= 0.3 is 24.1 Å². The highest BCUT2D eigenvalue weighted by Gasteiger charge is 2.49. The maximum absolute atomic E-state index is 14.2. The summed E-state index contributed by atoms with van der Waals surface area (Å²) in [7, 11) is 4.54. The average molecular weight is 1650 g/mol. The van der Waals surface area contributed by atoms with Gasteiger partial charge in [-0.1, -0.05) is 48.0 Å². The minimum absolute atomic E-state index is 0.0265. The fraction of sp³-hybridized carbons (Fsp3) is 0.432. The summed E-state index contributed by atoms with van der Waals surface area (Å²) < 4.78 is 57.7. The molecule has 8 aromatic rings. The van der Waals surface area contributed by atoms with Crippen molar-refractivity contribution < 1.29 is 95.7 Å². The van der Waals surface area contributed by atoms with E-state index in [9.17, 15) is 53.1 Å². The van der Waals surface area contributed by atoms with Crippen LogP contribution in [0.25, 0.3) is 20.4 Å². The van der Waals surface area contributed by atoms with E-state index in [-0.39, 0.29) is 96.9 Å². The standard InChI is InChI=1S/C41H47N7O10S.C40H45N7O10S/c1-5-17-57-41(53)48-29-22-30(24(2)20-26(29)37(51)47-16-8-6-11-28(47)38(48)58-34-13-7-9-18-56-34)55-19-10-12-33(49)43-32-23-46(3)35(44-32)36(50)45-40-42-27-21-25(39(52)54-4)14-15-31(27)59-40;1-4-16-56-40(53)47-28-21-29(23(2)19-25(28)36(50)46-15-7-5-10-27(46)37(47)57-33-12-6-8-17-55-33)54-18-9-11-32(48)42-31-22-45(3)34(43-31)35(49)44-39-41-26-20-24(38(51)52)13-14-30(26)58-39/h5,14-15,20-23,28,34,38H,1,6-13,16-19H2,2-4H3,(H,43,49)(H,42,45,50);4,13-14,19-22,27,33,37H,1,5-12,15-18H2,2-3H3,(H,42,48)(H,51,52)(H,41,44,49)/t28-,34?,38?;27-,33?,37?/m00/s1. The number of rotatable bonds is 26. The number of hydrogen-bond donors (Lipinski definition) is 5. The van der Waals surface area contributed by atoms with E-state index < -0.39 is 73.1 Å². The smallest absolute Gasteiger partial charge is 0.416 e. The molecule has 0 aliphatic carbocycles. The summed E-state index contributed by atoms with van der Waals surface area (Å²) in [5, 5.41) is 20.7. The molecular formula is C81H92N14O20S2. The molecule has 34 nitrogen and oxygen atoms in total. The molecule has 117 heavy (non-hydrogen) atoms. The second-order valence-corrected chi connectivity index (χ2v) is 30.8. The van der Waals surface area contributed by atoms with E-state index >= 15 is 0 Å². The highest BCUT2D eigenvalue weighted by atomic mass is 32.1. The number of amides is 8. The number of carbonyl (C=O) groups is 10. The number of carbonyl (C=O) groups excluding carboxylic acids is 9. The maximum atomic E-state index is 14.2. The number of anilines is 6. The Morgan fingerprint density at radius 2 is 1.00 bits per heavy atom. The van der Waals surface area contributed by atoms with Crippen LogP contribution in [0.2, 0.25) is 0 Å². The topological polar surface area (TPSA) is 396 Å². The molecule has 4 unspecified atom stereocenters. The maximum Gasteiger partial charge on any atom is 0.416 e. The fourth-order valence-corrected chi connectivity index (χ4v) is 16.4. The lowest BCUT2D eigenvalue weighted by molar-refractivity contribution is -0.199. The van der Waals surface area contributed by atoms with Gasteiger partial charge in [-0.05, 0) is 163 Å². The van der Waals surface area contributed by atoms with Crippen molar-refractivity contribution in [2.45, 2.75) is 154 Å². The van der Waals surface area contributed by atoms with Crippen LogP contribution in [0.15, 0.2) is 98.4 Å². The van der Waals surface area contributed by atoms with Crippen LogP contribution in [0.1, 0.15) is 177 Å². The number of aromatic carboxylic acids is 1. The molecule has 36 heteroatoms. The predicted octanol–water partition coefficient (Wildman–Crippen LogP) is 12.3. The molecule has 618 valence electrons. The van der Waals surface area contributed by atoms with Gasteiger partial charge in [-0.3, -0.25) is 39.4 Å². The van der Waals surface area contributed by atoms with Gasteiger partial charge in [0.15, 0.2) is 46.9 Å². The zero-order valence-electron chi connectivity index (χ0n) is 65.4. The first-order valence-electron chi connectivity index (χ1n) is 38.8. The molecule has 0 spiro atoms. The number of piperidine rings is 2. The summed E-state index contributed by atoms with van der Waals surface area (Å²) in [6.45, 7) is 13.4. The van der Waals surface area contributed by atoms with Gasteiger partial charge in [0.2, 0.25) is 23.5 Å². The lowest BCUT2D eigenvalue weighted by atomic mass is 10.00. The van der Waals surface area contributed by atoms with Crippen molar-refractivity contribution in [3.05, 3.63) is 143 Å². The zero-order chi connectivity index (χ0) is 82.6. The number of nitrogens with one attached hydrogen (secondary N) is 4. The SMILES string of the molecule is C=CCOC(=O)N1c2cc(OCCCC(=O)Nc3cn(C)c(C(=O)Nc4nc5cc(C(=O)O)ccc5s4)n3)c(C)cc2C(=O)N2CCCC[C@H]2C1OC1CCCCO1.C=CCOC(=O)N1c2cc(OCCCC(=O)Nc3cn(C)c(C(=O)Nc4nc5cc(C(=O)OC)ccc5s4)n3)c(C)cc2C(=O)N2CCCC[C@H]2C1OC1CCCCO1. The fourth-order valence-electron chi connectivity index (χ4n) is 14.8. The van der Waals surface area contributed by atoms with E-state index in [0.29, 0.717) is 136 Å². The monoisotopic (exact) mass is 1640 g/mol. The first kappa shape index (κ1) is 83.3. The zero-order valence-corrected chi connectivity index (χ0v) is 67.1. The van der Waals surface area contributed by atoms with E-state index in [1.165, 1.54) is 85.4 Å². The molecule has 6 aliphatic heterocycles. The van der Waals surface area contributed by atoms with Gasteiger partial charge in [-0.2, -0.15) is 0 Å². The number of imidazole rings is 2. The number of benzene rings is 4. The number of nitrogens with zero attached hydrogens (tertiary/aromatic N) is 10. The minimum Gasteiger partial charge on any atom is -0.493 e. The number of thiazole rings is 2. The number of fused-ring (bicyclic) bond motifs is 6. The lowest BCUT2D eigenvalue weighted by Crippen LogP contribution is -2.57. The third kappa shape index (κ3) is 19.5. The summed E-state index contributed by atoms with van der Waals surface area (Å²) in [6.07, 6.45) is 12.3. The number of hydrogen-bond acceptors (Lipinski definition) is 25. The largest absolute Gasteiger partial charge is 0.493 e. The van der Waals surface area contributed by atoms with E-state index in [1.54, 1.807) is 72.4 Å². The average Bonchev–Trinajstić information content (AvgIpc) is 1.62. The first-order chi connectivity index (χ1) is 56.5. The Kier molecular flexibility index (Phi) is 27.0. The van der Waals surface area contributed by atoms with E-state index in [1.807, 2.05) is 13.8 Å². The van der Waals surface area contributed by atoms with Crippen LogP contribution >= 0.6 is 22.7 Å². The molecule has 5 N–H and O–H groups in total. The van der Waals surface area contributed by atoms with E-state index in [4.69, 9.17) is 42.6 Å². The molecule has 0 bridgehead atoms. The van der Waals surface area contributed by atoms with Crippen molar-refractivity contribution in [1.29, 1.82) is 0 Å². The molecule has 14 rings (SSSR count). The van der Waals surface area contributed by atoms with Crippen LogP contribution in [-0.4, -0.2) is 201 Å². The Labute approximate surface area is 680 Å². The van der Waals surface area contributed by atoms with Gasteiger partial charge in [0, 0.05) is 77.8 Å². The Balaban J connectivity index is 0.000000203. The van der Waals surface area contributed by atoms with Crippen LogP contribution in [-0.2, 0) is 56.8 Å². The third-order valence-electron chi connectivity index (χ3n) is 20.4. The van der Waals surface area contributed by atoms with Gasteiger partial charge < -0.3 is 77.3 Å². The molecule has 10 heterocycles. The van der Waals surface area contributed by atoms with Gasteiger partial charge in [0.1, 0.15) is 24.7 Å².